The lowest BCUT2D eigenvalue weighted by Crippen LogP contribution is -2.29. The van der Waals surface area contributed by atoms with E-state index in [-0.39, 0.29) is 5.91 Å². The molecule has 0 aliphatic heterocycles. The van der Waals surface area contributed by atoms with Gasteiger partial charge in [-0.3, -0.25) is 4.79 Å². The van der Waals surface area contributed by atoms with Crippen molar-refractivity contribution in [2.24, 2.45) is 0 Å². The van der Waals surface area contributed by atoms with E-state index in [9.17, 15) is 4.79 Å². The molecule has 0 heterocycles. The third kappa shape index (κ3) is 11.7. The number of carbonyl (C=O) groups excluding carboxylic acids is 1. The molecular formula is C13H22ClN2O5P. The average molecular weight is 353 g/mol. The molecule has 0 aliphatic carbocycles. The van der Waals surface area contributed by atoms with Gasteiger partial charge < -0.3 is 25.3 Å². The Morgan fingerprint density at radius 3 is 2.41 bits per heavy atom. The number of amides is 1. The van der Waals surface area contributed by atoms with Crippen LogP contribution in [0.4, 0.5) is 5.69 Å². The number of nitrogens with one attached hydrogen (secondary N) is 2. The second-order valence-electron chi connectivity index (χ2n) is 4.52. The summed E-state index contributed by atoms with van der Waals surface area (Å²) in [5.41, 5.74) is 1.68. The van der Waals surface area contributed by atoms with Crippen LogP contribution in [0.1, 0.15) is 25.3 Å². The van der Waals surface area contributed by atoms with Crippen molar-refractivity contribution < 1.29 is 24.0 Å². The fraction of sp³-hybridized carbons (Fsp3) is 0.462. The number of benzene rings is 1. The van der Waals surface area contributed by atoms with E-state index in [4.69, 9.17) is 30.8 Å². The Bertz CT molecular complexity index is 493. The summed E-state index contributed by atoms with van der Waals surface area (Å²) in [6.45, 7) is 5.23. The van der Waals surface area contributed by atoms with E-state index in [2.05, 4.69) is 17.6 Å². The van der Waals surface area contributed by atoms with Gasteiger partial charge in [0.1, 0.15) is 0 Å². The van der Waals surface area contributed by atoms with Gasteiger partial charge >= 0.3 is 7.82 Å². The monoisotopic (exact) mass is 352 g/mol. The van der Waals surface area contributed by atoms with Crippen LogP contribution in [0.2, 0.25) is 5.02 Å². The van der Waals surface area contributed by atoms with E-state index in [1.165, 1.54) is 0 Å². The molecule has 126 valence electrons. The molecule has 0 radical (unpaired) electrons. The predicted octanol–water partition coefficient (Wildman–Crippen LogP) is 2.05. The Balaban J connectivity index is 0.000000763. The molecule has 1 aromatic carbocycles. The predicted molar refractivity (Wildman–Crippen MR) is 86.9 cm³/mol. The molecule has 0 aliphatic rings. The van der Waals surface area contributed by atoms with Gasteiger partial charge in [-0.25, -0.2) is 4.57 Å². The van der Waals surface area contributed by atoms with Gasteiger partial charge in [0.15, 0.2) is 0 Å². The number of rotatable bonds is 6. The van der Waals surface area contributed by atoms with Crippen LogP contribution in [0.5, 0.6) is 0 Å². The van der Waals surface area contributed by atoms with Crippen LogP contribution < -0.4 is 10.6 Å². The van der Waals surface area contributed by atoms with Crippen LogP contribution in [0.25, 0.3) is 0 Å². The third-order valence-electron chi connectivity index (χ3n) is 2.48. The topological polar surface area (TPSA) is 119 Å². The first-order chi connectivity index (χ1) is 10.1. The second-order valence-corrected chi connectivity index (χ2v) is 5.96. The SMILES string of the molecule is CCCCNCC(=O)Nc1c(C)cccc1Cl.O=P(O)(O)O. The summed E-state index contributed by atoms with van der Waals surface area (Å²) in [6, 6.07) is 5.56. The van der Waals surface area contributed by atoms with Gasteiger partial charge in [0.25, 0.3) is 0 Å². The van der Waals surface area contributed by atoms with Crippen molar-refractivity contribution >= 4 is 31.0 Å². The number of unbranched alkanes of at least 4 members (excludes halogenated alkanes) is 1. The minimum Gasteiger partial charge on any atom is -0.323 e. The highest BCUT2D eigenvalue weighted by Crippen LogP contribution is 2.26. The first kappa shape index (κ1) is 21.0. The lowest BCUT2D eigenvalue weighted by molar-refractivity contribution is -0.115. The number of carbonyl (C=O) groups is 1. The molecule has 1 aromatic rings. The fourth-order valence-electron chi connectivity index (χ4n) is 1.48. The summed E-state index contributed by atoms with van der Waals surface area (Å²) >= 11 is 6.02. The number of anilines is 1. The number of phosphoric acid groups is 1. The summed E-state index contributed by atoms with van der Waals surface area (Å²) in [5, 5.41) is 6.49. The second kappa shape index (κ2) is 10.7. The van der Waals surface area contributed by atoms with Crippen LogP contribution in [-0.4, -0.2) is 33.7 Å². The van der Waals surface area contributed by atoms with Crippen molar-refractivity contribution in [3.8, 4) is 0 Å². The first-order valence-electron chi connectivity index (χ1n) is 6.69. The molecule has 1 rings (SSSR count). The quantitative estimate of drug-likeness (QED) is 0.395. The highest BCUT2D eigenvalue weighted by molar-refractivity contribution is 7.45. The van der Waals surface area contributed by atoms with Crippen molar-refractivity contribution in [3.63, 3.8) is 0 Å². The minimum absolute atomic E-state index is 0.0581. The third-order valence-corrected chi connectivity index (χ3v) is 2.79. The van der Waals surface area contributed by atoms with Gasteiger partial charge in [0.05, 0.1) is 17.3 Å². The largest absolute Gasteiger partial charge is 0.466 e. The number of para-hydroxylation sites is 1. The summed E-state index contributed by atoms with van der Waals surface area (Å²) in [4.78, 5) is 33.2. The smallest absolute Gasteiger partial charge is 0.323 e. The molecule has 0 unspecified atom stereocenters. The lowest BCUT2D eigenvalue weighted by atomic mass is 10.2. The standard InChI is InChI=1S/C13H19ClN2O.H3O4P/c1-3-4-8-15-9-12(17)16-13-10(2)6-5-7-11(13)14;1-5(2,3)4/h5-7,15H,3-4,8-9H2,1-2H3,(H,16,17);(H3,1,2,3,4). The normalized spacial score (nSPS) is 10.6. The molecule has 9 heteroatoms. The zero-order valence-corrected chi connectivity index (χ0v) is 14.2. The maximum absolute atomic E-state index is 11.6. The maximum atomic E-state index is 11.6. The Labute approximate surface area is 134 Å². The van der Waals surface area contributed by atoms with Crippen LogP contribution in [0.3, 0.4) is 0 Å². The van der Waals surface area contributed by atoms with Crippen molar-refractivity contribution in [2.75, 3.05) is 18.4 Å². The van der Waals surface area contributed by atoms with Crippen molar-refractivity contribution in [1.29, 1.82) is 0 Å². The summed E-state index contributed by atoms with van der Waals surface area (Å²) in [7, 11) is -4.64. The van der Waals surface area contributed by atoms with Crippen LogP contribution in [0, 0.1) is 6.92 Å². The molecule has 0 bridgehead atoms. The number of hydrogen-bond acceptors (Lipinski definition) is 3. The molecular weight excluding hydrogens is 331 g/mol. The van der Waals surface area contributed by atoms with Gasteiger partial charge in [-0.1, -0.05) is 37.1 Å². The van der Waals surface area contributed by atoms with E-state index < -0.39 is 7.82 Å². The van der Waals surface area contributed by atoms with Gasteiger partial charge in [0.2, 0.25) is 5.91 Å². The Morgan fingerprint density at radius 2 is 1.91 bits per heavy atom. The van der Waals surface area contributed by atoms with Crippen LogP contribution in [0.15, 0.2) is 18.2 Å². The minimum atomic E-state index is -4.64. The van der Waals surface area contributed by atoms with Crippen molar-refractivity contribution in [3.05, 3.63) is 28.8 Å². The molecule has 22 heavy (non-hydrogen) atoms. The molecule has 0 saturated carbocycles. The van der Waals surface area contributed by atoms with Gasteiger partial charge in [-0.15, -0.1) is 0 Å². The molecule has 7 nitrogen and oxygen atoms in total. The number of halogens is 1. The Hall–Kier alpha value is -0.950. The van der Waals surface area contributed by atoms with Crippen molar-refractivity contribution in [1.82, 2.24) is 5.32 Å². The highest BCUT2D eigenvalue weighted by Gasteiger charge is 2.07. The summed E-state index contributed by atoms with van der Waals surface area (Å²) in [5.74, 6) is -0.0581. The lowest BCUT2D eigenvalue weighted by Gasteiger charge is -2.10. The van der Waals surface area contributed by atoms with Crippen LogP contribution >= 0.6 is 19.4 Å². The highest BCUT2D eigenvalue weighted by atomic mass is 35.5. The Morgan fingerprint density at radius 1 is 1.32 bits per heavy atom. The van der Waals surface area contributed by atoms with Crippen molar-refractivity contribution in [2.45, 2.75) is 26.7 Å². The zero-order chi connectivity index (χ0) is 17.2. The number of aryl methyl sites for hydroxylation is 1. The van der Waals surface area contributed by atoms with E-state index in [1.54, 1.807) is 6.07 Å². The average Bonchev–Trinajstić information content (AvgIpc) is 2.37. The summed E-state index contributed by atoms with van der Waals surface area (Å²) in [6.07, 6.45) is 2.21. The Kier molecular flexibility index (Phi) is 10.3. The van der Waals surface area contributed by atoms with Crippen LogP contribution in [-0.2, 0) is 9.36 Å². The van der Waals surface area contributed by atoms with Gasteiger partial charge in [-0.2, -0.15) is 0 Å². The summed E-state index contributed by atoms with van der Waals surface area (Å²) < 4.78 is 8.88. The van der Waals surface area contributed by atoms with E-state index in [1.807, 2.05) is 19.1 Å². The fourth-order valence-corrected chi connectivity index (χ4v) is 1.75. The van der Waals surface area contributed by atoms with E-state index >= 15 is 0 Å². The first-order valence-corrected chi connectivity index (χ1v) is 8.63. The molecule has 5 N–H and O–H groups in total. The van der Waals surface area contributed by atoms with E-state index in [0.29, 0.717) is 17.3 Å². The molecule has 0 spiro atoms. The molecule has 1 amide bonds. The molecule has 0 aromatic heterocycles. The zero-order valence-electron chi connectivity index (χ0n) is 12.5. The maximum Gasteiger partial charge on any atom is 0.466 e. The molecule has 0 saturated heterocycles. The molecule has 0 atom stereocenters. The molecule has 0 fully saturated rings. The van der Waals surface area contributed by atoms with E-state index in [0.717, 1.165) is 24.9 Å². The number of hydrogen-bond donors (Lipinski definition) is 5. The van der Waals surface area contributed by atoms with Gasteiger partial charge in [0, 0.05) is 0 Å². The van der Waals surface area contributed by atoms with Gasteiger partial charge in [-0.05, 0) is 31.5 Å².